The summed E-state index contributed by atoms with van der Waals surface area (Å²) in [7, 11) is 0. The molecule has 0 spiro atoms. The summed E-state index contributed by atoms with van der Waals surface area (Å²) >= 11 is 0. The quantitative estimate of drug-likeness (QED) is 0.752. The van der Waals surface area contributed by atoms with E-state index in [1.165, 1.54) is 6.07 Å². The van der Waals surface area contributed by atoms with Gasteiger partial charge in [-0.1, -0.05) is 43.3 Å². The number of fused-ring (bicyclic) bond motifs is 1. The molecule has 0 radical (unpaired) electrons. The molecule has 2 heteroatoms. The van der Waals surface area contributed by atoms with Gasteiger partial charge in [-0.25, -0.2) is 4.39 Å². The van der Waals surface area contributed by atoms with Crippen molar-refractivity contribution in [2.75, 3.05) is 0 Å². The van der Waals surface area contributed by atoms with Gasteiger partial charge in [0, 0.05) is 17.5 Å². The summed E-state index contributed by atoms with van der Waals surface area (Å²) in [4.78, 5) is 12.0. The second-order valence-corrected chi connectivity index (χ2v) is 5.35. The molecule has 0 bridgehead atoms. The molecule has 20 heavy (non-hydrogen) atoms. The Bertz CT molecular complexity index is 660. The van der Waals surface area contributed by atoms with Crippen molar-refractivity contribution in [1.82, 2.24) is 0 Å². The average molecular weight is 268 g/mol. The summed E-state index contributed by atoms with van der Waals surface area (Å²) in [6.45, 7) is 2.14. The summed E-state index contributed by atoms with van der Waals surface area (Å²) in [5.41, 5.74) is 3.37. The molecule has 0 N–H and O–H groups in total. The standard InChI is InChI=1S/C18H17FO/c1-2-12-8-10-18(20)15-9-7-13(11-16(12)15)14-5-3-4-6-17(14)19/h3-7,9,11-12H,2,8,10H2,1H3. The Morgan fingerprint density at radius 2 is 1.95 bits per heavy atom. The zero-order valence-corrected chi connectivity index (χ0v) is 11.5. The molecule has 1 aliphatic rings. The highest BCUT2D eigenvalue weighted by molar-refractivity contribution is 5.99. The molecule has 3 rings (SSSR count). The summed E-state index contributed by atoms with van der Waals surface area (Å²) in [6.07, 6.45) is 2.55. The number of ketones is 1. The topological polar surface area (TPSA) is 17.1 Å². The molecule has 0 saturated heterocycles. The normalized spacial score (nSPS) is 17.9. The van der Waals surface area contributed by atoms with Gasteiger partial charge in [-0.05, 0) is 36.0 Å². The van der Waals surface area contributed by atoms with Crippen LogP contribution in [0.5, 0.6) is 0 Å². The SMILES string of the molecule is CCC1CCC(=O)c2ccc(-c3ccccc3F)cc21. The van der Waals surface area contributed by atoms with E-state index >= 15 is 0 Å². The Morgan fingerprint density at radius 3 is 2.70 bits per heavy atom. The van der Waals surface area contributed by atoms with Crippen LogP contribution in [-0.4, -0.2) is 5.78 Å². The molecule has 2 aromatic carbocycles. The minimum absolute atomic E-state index is 0.213. The number of benzene rings is 2. The first kappa shape index (κ1) is 13.0. The van der Waals surface area contributed by atoms with Gasteiger partial charge in [0.15, 0.2) is 5.78 Å². The van der Waals surface area contributed by atoms with Crippen LogP contribution < -0.4 is 0 Å². The van der Waals surface area contributed by atoms with Crippen LogP contribution >= 0.6 is 0 Å². The van der Waals surface area contributed by atoms with E-state index in [-0.39, 0.29) is 11.6 Å². The first-order valence-electron chi connectivity index (χ1n) is 7.12. The molecule has 102 valence electrons. The average Bonchev–Trinajstić information content (AvgIpc) is 2.48. The monoisotopic (exact) mass is 268 g/mol. The highest BCUT2D eigenvalue weighted by Crippen LogP contribution is 2.36. The van der Waals surface area contributed by atoms with Gasteiger partial charge in [-0.15, -0.1) is 0 Å². The van der Waals surface area contributed by atoms with E-state index in [0.29, 0.717) is 17.9 Å². The van der Waals surface area contributed by atoms with E-state index < -0.39 is 0 Å². The smallest absolute Gasteiger partial charge is 0.163 e. The molecular formula is C18H17FO. The van der Waals surface area contributed by atoms with Crippen LogP contribution in [0.3, 0.4) is 0 Å². The molecule has 1 nitrogen and oxygen atoms in total. The van der Waals surface area contributed by atoms with Gasteiger partial charge in [0.25, 0.3) is 0 Å². The Morgan fingerprint density at radius 1 is 1.15 bits per heavy atom. The van der Waals surface area contributed by atoms with Gasteiger partial charge in [0.05, 0.1) is 0 Å². The Labute approximate surface area is 118 Å². The van der Waals surface area contributed by atoms with E-state index in [4.69, 9.17) is 0 Å². The van der Waals surface area contributed by atoms with Crippen molar-refractivity contribution in [2.45, 2.75) is 32.1 Å². The van der Waals surface area contributed by atoms with Crippen molar-refractivity contribution in [3.63, 3.8) is 0 Å². The van der Waals surface area contributed by atoms with Crippen LogP contribution in [0.4, 0.5) is 4.39 Å². The summed E-state index contributed by atoms with van der Waals surface area (Å²) in [5.74, 6) is 0.404. The minimum Gasteiger partial charge on any atom is -0.294 e. The molecular weight excluding hydrogens is 251 g/mol. The fraction of sp³-hybridized carbons (Fsp3) is 0.278. The molecule has 1 atom stereocenters. The van der Waals surface area contributed by atoms with E-state index in [0.717, 1.165) is 29.5 Å². The number of rotatable bonds is 2. The van der Waals surface area contributed by atoms with Crippen LogP contribution in [0.15, 0.2) is 42.5 Å². The molecule has 1 unspecified atom stereocenters. The molecule has 0 saturated carbocycles. The van der Waals surface area contributed by atoms with Gasteiger partial charge in [0.1, 0.15) is 5.82 Å². The first-order valence-corrected chi connectivity index (χ1v) is 7.12. The van der Waals surface area contributed by atoms with Gasteiger partial charge in [-0.3, -0.25) is 4.79 Å². The third-order valence-corrected chi connectivity index (χ3v) is 4.19. The highest BCUT2D eigenvalue weighted by atomic mass is 19.1. The van der Waals surface area contributed by atoms with Crippen LogP contribution in [0.1, 0.15) is 48.0 Å². The molecule has 0 amide bonds. The summed E-state index contributed by atoms with van der Waals surface area (Å²) in [5, 5.41) is 0. The van der Waals surface area contributed by atoms with Crippen molar-refractivity contribution in [3.05, 3.63) is 59.4 Å². The lowest BCUT2D eigenvalue weighted by Crippen LogP contribution is -2.15. The number of halogens is 1. The Balaban J connectivity index is 2.13. The van der Waals surface area contributed by atoms with Crippen LogP contribution in [0.2, 0.25) is 0 Å². The fourth-order valence-corrected chi connectivity index (χ4v) is 3.04. The lowest BCUT2D eigenvalue weighted by atomic mass is 9.79. The maximum absolute atomic E-state index is 13.9. The summed E-state index contributed by atoms with van der Waals surface area (Å²) in [6, 6.07) is 12.5. The van der Waals surface area contributed by atoms with Crippen LogP contribution in [-0.2, 0) is 0 Å². The second-order valence-electron chi connectivity index (χ2n) is 5.35. The maximum atomic E-state index is 13.9. The zero-order chi connectivity index (χ0) is 14.1. The van der Waals surface area contributed by atoms with Gasteiger partial charge in [-0.2, -0.15) is 0 Å². The van der Waals surface area contributed by atoms with E-state index in [1.807, 2.05) is 24.3 Å². The van der Waals surface area contributed by atoms with Crippen molar-refractivity contribution in [3.8, 4) is 11.1 Å². The largest absolute Gasteiger partial charge is 0.294 e. The highest BCUT2D eigenvalue weighted by Gasteiger charge is 2.24. The minimum atomic E-state index is -0.220. The van der Waals surface area contributed by atoms with Crippen molar-refractivity contribution in [2.24, 2.45) is 0 Å². The molecule has 0 heterocycles. The summed E-state index contributed by atoms with van der Waals surface area (Å²) < 4.78 is 13.9. The van der Waals surface area contributed by atoms with Gasteiger partial charge in [0.2, 0.25) is 0 Å². The van der Waals surface area contributed by atoms with Crippen LogP contribution in [0, 0.1) is 5.82 Å². The lowest BCUT2D eigenvalue weighted by molar-refractivity contribution is 0.0966. The van der Waals surface area contributed by atoms with Gasteiger partial charge >= 0.3 is 0 Å². The zero-order valence-electron chi connectivity index (χ0n) is 11.5. The van der Waals surface area contributed by atoms with Crippen molar-refractivity contribution >= 4 is 5.78 Å². The number of hydrogen-bond acceptors (Lipinski definition) is 1. The van der Waals surface area contributed by atoms with Crippen molar-refractivity contribution in [1.29, 1.82) is 0 Å². The first-order chi connectivity index (χ1) is 9.70. The Kier molecular flexibility index (Phi) is 3.39. The van der Waals surface area contributed by atoms with E-state index in [1.54, 1.807) is 12.1 Å². The molecule has 0 fully saturated rings. The number of carbonyl (C=O) groups excluding carboxylic acids is 1. The number of hydrogen-bond donors (Lipinski definition) is 0. The third kappa shape index (κ3) is 2.15. The molecule has 1 aliphatic carbocycles. The maximum Gasteiger partial charge on any atom is 0.163 e. The van der Waals surface area contributed by atoms with E-state index in [9.17, 15) is 9.18 Å². The molecule has 0 aromatic heterocycles. The van der Waals surface area contributed by atoms with E-state index in [2.05, 4.69) is 6.92 Å². The van der Waals surface area contributed by atoms with Crippen LogP contribution in [0.25, 0.3) is 11.1 Å². The predicted molar refractivity (Wildman–Crippen MR) is 78.4 cm³/mol. The molecule has 2 aromatic rings. The fourth-order valence-electron chi connectivity index (χ4n) is 3.04. The lowest BCUT2D eigenvalue weighted by Gasteiger charge is -2.24. The second kappa shape index (κ2) is 5.20. The number of carbonyl (C=O) groups is 1. The van der Waals surface area contributed by atoms with Gasteiger partial charge < -0.3 is 0 Å². The number of Topliss-reactive ketones (excluding diaryl/α,β-unsaturated/α-hetero) is 1. The third-order valence-electron chi connectivity index (χ3n) is 4.19. The predicted octanol–water partition coefficient (Wildman–Crippen LogP) is 4.96. The van der Waals surface area contributed by atoms with Crippen molar-refractivity contribution < 1.29 is 9.18 Å². The molecule has 0 aliphatic heterocycles. The Hall–Kier alpha value is -1.96.